The van der Waals surface area contributed by atoms with Crippen LogP contribution in [-0.4, -0.2) is 29.2 Å². The Kier molecular flexibility index (Phi) is 5.51. The van der Waals surface area contributed by atoms with Crippen LogP contribution in [0.1, 0.15) is 35.9 Å². The molecule has 0 saturated heterocycles. The molecule has 1 aromatic heterocycles. The number of aromatic nitrogens is 2. The van der Waals surface area contributed by atoms with Gasteiger partial charge in [-0.3, -0.25) is 4.79 Å². The number of nitrogens with zero attached hydrogens (tertiary/aromatic N) is 2. The van der Waals surface area contributed by atoms with Gasteiger partial charge in [-0.2, -0.15) is 0 Å². The van der Waals surface area contributed by atoms with Gasteiger partial charge in [0, 0.05) is 36.0 Å². The van der Waals surface area contributed by atoms with Crippen molar-refractivity contribution >= 4 is 11.6 Å². The molecule has 0 unspecified atom stereocenters. The molecule has 1 amide bonds. The summed E-state index contributed by atoms with van der Waals surface area (Å²) in [6, 6.07) is 13.0. The third-order valence-electron chi connectivity index (χ3n) is 5.05. The Labute approximate surface area is 170 Å². The highest BCUT2D eigenvalue weighted by Crippen LogP contribution is 2.29. The van der Waals surface area contributed by atoms with Crippen molar-refractivity contribution < 1.29 is 14.3 Å². The number of methoxy groups -OCH3 is 1. The molecule has 0 bridgehead atoms. The smallest absolute Gasteiger partial charge is 0.255 e. The van der Waals surface area contributed by atoms with Crippen molar-refractivity contribution in [2.24, 2.45) is 0 Å². The summed E-state index contributed by atoms with van der Waals surface area (Å²) in [6.07, 6.45) is 5.52. The number of imidazole rings is 1. The highest BCUT2D eigenvalue weighted by Gasteiger charge is 2.15. The number of hydrogen-bond acceptors (Lipinski definition) is 4. The van der Waals surface area contributed by atoms with E-state index in [1.165, 1.54) is 12.8 Å². The second-order valence-electron chi connectivity index (χ2n) is 7.03. The summed E-state index contributed by atoms with van der Waals surface area (Å²) in [5.41, 5.74) is 3.18. The molecule has 2 heterocycles. The maximum atomic E-state index is 12.7. The Balaban J connectivity index is 1.53. The zero-order valence-corrected chi connectivity index (χ0v) is 16.8. The Bertz CT molecular complexity index is 1000. The fraction of sp³-hybridized carbons (Fsp3) is 0.304. The van der Waals surface area contributed by atoms with Crippen LogP contribution >= 0.6 is 0 Å². The van der Waals surface area contributed by atoms with Gasteiger partial charge in [0.05, 0.1) is 19.4 Å². The first-order valence-electron chi connectivity index (χ1n) is 9.96. The maximum Gasteiger partial charge on any atom is 0.255 e. The predicted molar refractivity (Wildman–Crippen MR) is 113 cm³/mol. The van der Waals surface area contributed by atoms with Crippen LogP contribution in [0.4, 0.5) is 5.69 Å². The number of carbonyl (C=O) groups is 1. The molecule has 0 spiro atoms. The van der Waals surface area contributed by atoms with Crippen LogP contribution in [0.15, 0.2) is 48.7 Å². The number of carbonyl (C=O) groups excluding carboxylic acids is 1. The number of rotatable bonds is 6. The second-order valence-corrected chi connectivity index (χ2v) is 7.03. The zero-order chi connectivity index (χ0) is 20.2. The number of amides is 1. The van der Waals surface area contributed by atoms with Gasteiger partial charge in [-0.15, -0.1) is 0 Å². The molecule has 6 nitrogen and oxygen atoms in total. The number of aryl methyl sites for hydroxylation is 2. The van der Waals surface area contributed by atoms with Gasteiger partial charge in [0.15, 0.2) is 11.5 Å². The van der Waals surface area contributed by atoms with Crippen molar-refractivity contribution in [1.82, 2.24) is 9.55 Å². The summed E-state index contributed by atoms with van der Waals surface area (Å²) in [5, 5.41) is 2.96. The fourth-order valence-electron chi connectivity index (χ4n) is 3.59. The van der Waals surface area contributed by atoms with Crippen molar-refractivity contribution in [3.63, 3.8) is 0 Å². The minimum absolute atomic E-state index is 0.201. The number of fused-ring (bicyclic) bond motifs is 1. The van der Waals surface area contributed by atoms with Crippen LogP contribution in [0.3, 0.4) is 0 Å². The van der Waals surface area contributed by atoms with E-state index in [1.54, 1.807) is 25.3 Å². The molecule has 1 aliphatic rings. The lowest BCUT2D eigenvalue weighted by Crippen LogP contribution is -2.12. The number of anilines is 1. The molecule has 4 rings (SSSR count). The molecule has 3 aromatic rings. The summed E-state index contributed by atoms with van der Waals surface area (Å²) in [6.45, 7) is 3.47. The van der Waals surface area contributed by atoms with Crippen molar-refractivity contribution in [3.8, 4) is 22.8 Å². The topological polar surface area (TPSA) is 65.4 Å². The van der Waals surface area contributed by atoms with Crippen LogP contribution in [0, 0.1) is 0 Å². The number of benzene rings is 2. The van der Waals surface area contributed by atoms with Crippen LogP contribution in [-0.2, 0) is 13.0 Å². The van der Waals surface area contributed by atoms with Crippen LogP contribution in [0.25, 0.3) is 11.3 Å². The average molecular weight is 391 g/mol. The zero-order valence-electron chi connectivity index (χ0n) is 16.8. The molecular formula is C23H25N3O3. The lowest BCUT2D eigenvalue weighted by molar-refractivity contribution is 0.102. The van der Waals surface area contributed by atoms with Gasteiger partial charge >= 0.3 is 0 Å². The van der Waals surface area contributed by atoms with E-state index in [-0.39, 0.29) is 5.91 Å². The van der Waals surface area contributed by atoms with Crippen molar-refractivity contribution in [1.29, 1.82) is 0 Å². The quantitative estimate of drug-likeness (QED) is 0.670. The van der Waals surface area contributed by atoms with E-state index in [0.29, 0.717) is 23.7 Å². The monoisotopic (exact) mass is 391 g/mol. The van der Waals surface area contributed by atoms with Gasteiger partial charge in [0.1, 0.15) is 5.82 Å². The van der Waals surface area contributed by atoms with Gasteiger partial charge in [-0.1, -0.05) is 12.1 Å². The van der Waals surface area contributed by atoms with E-state index in [1.807, 2.05) is 31.2 Å². The first-order chi connectivity index (χ1) is 14.2. The van der Waals surface area contributed by atoms with Gasteiger partial charge in [0.2, 0.25) is 0 Å². The Morgan fingerprint density at radius 2 is 2.07 bits per heavy atom. The van der Waals surface area contributed by atoms with E-state index in [2.05, 4.69) is 16.1 Å². The molecule has 6 heteroatoms. The molecule has 0 atom stereocenters. The molecule has 150 valence electrons. The molecule has 0 radical (unpaired) electrons. The van der Waals surface area contributed by atoms with E-state index >= 15 is 0 Å². The Morgan fingerprint density at radius 1 is 1.17 bits per heavy atom. The van der Waals surface area contributed by atoms with Crippen LogP contribution < -0.4 is 14.8 Å². The van der Waals surface area contributed by atoms with Crippen molar-refractivity contribution in [2.75, 3.05) is 19.0 Å². The fourth-order valence-corrected chi connectivity index (χ4v) is 3.59. The minimum Gasteiger partial charge on any atom is -0.493 e. The van der Waals surface area contributed by atoms with E-state index in [9.17, 15) is 4.79 Å². The normalized spacial score (nSPS) is 12.9. The van der Waals surface area contributed by atoms with Crippen LogP contribution in [0.2, 0.25) is 0 Å². The molecule has 1 N–H and O–H groups in total. The molecule has 0 fully saturated rings. The van der Waals surface area contributed by atoms with E-state index < -0.39 is 0 Å². The summed E-state index contributed by atoms with van der Waals surface area (Å²) < 4.78 is 13.1. The average Bonchev–Trinajstić information content (AvgIpc) is 3.19. The predicted octanol–water partition coefficient (Wildman–Crippen LogP) is 4.55. The Morgan fingerprint density at radius 3 is 2.86 bits per heavy atom. The van der Waals surface area contributed by atoms with Crippen LogP contribution in [0.5, 0.6) is 11.5 Å². The lowest BCUT2D eigenvalue weighted by atomic mass is 10.1. The second kappa shape index (κ2) is 8.39. The third kappa shape index (κ3) is 4.11. The molecule has 29 heavy (non-hydrogen) atoms. The van der Waals surface area contributed by atoms with Gasteiger partial charge < -0.3 is 19.4 Å². The summed E-state index contributed by atoms with van der Waals surface area (Å²) in [7, 11) is 1.56. The van der Waals surface area contributed by atoms with Crippen molar-refractivity contribution in [2.45, 2.75) is 32.7 Å². The van der Waals surface area contributed by atoms with Gasteiger partial charge in [0.25, 0.3) is 5.91 Å². The van der Waals surface area contributed by atoms with E-state index in [0.717, 1.165) is 35.7 Å². The van der Waals surface area contributed by atoms with Crippen molar-refractivity contribution in [3.05, 3.63) is 60.0 Å². The first-order valence-corrected chi connectivity index (χ1v) is 9.96. The molecule has 0 saturated carbocycles. The summed E-state index contributed by atoms with van der Waals surface area (Å²) in [4.78, 5) is 17.5. The molecule has 2 aromatic carbocycles. The SMILES string of the molecule is CCOc1ccc(C(=O)Nc2cccc(-c3cn4c(n3)CCCC4)c2)cc1OC. The number of nitrogens with one attached hydrogen (secondary N) is 1. The molecule has 1 aliphatic heterocycles. The summed E-state index contributed by atoms with van der Waals surface area (Å²) in [5.74, 6) is 2.10. The third-order valence-corrected chi connectivity index (χ3v) is 5.05. The molecular weight excluding hydrogens is 366 g/mol. The Hall–Kier alpha value is -3.28. The summed E-state index contributed by atoms with van der Waals surface area (Å²) >= 11 is 0. The number of hydrogen-bond donors (Lipinski definition) is 1. The minimum atomic E-state index is -0.201. The maximum absolute atomic E-state index is 12.7. The van der Waals surface area contributed by atoms with E-state index in [4.69, 9.17) is 14.5 Å². The molecule has 0 aliphatic carbocycles. The standard InChI is InChI=1S/C23H25N3O3/c1-3-29-20-11-10-17(14-21(20)28-2)23(27)24-18-8-6-7-16(13-18)19-15-26-12-5-4-9-22(26)25-19/h6-8,10-11,13-15H,3-5,9,12H2,1-2H3,(H,24,27). The highest BCUT2D eigenvalue weighted by molar-refractivity contribution is 6.04. The number of ether oxygens (including phenoxy) is 2. The highest BCUT2D eigenvalue weighted by atomic mass is 16.5. The first kappa shape index (κ1) is 19.1. The lowest BCUT2D eigenvalue weighted by Gasteiger charge is -2.11. The van der Waals surface area contributed by atoms with Gasteiger partial charge in [-0.05, 0) is 50.1 Å². The largest absolute Gasteiger partial charge is 0.493 e. The van der Waals surface area contributed by atoms with Gasteiger partial charge in [-0.25, -0.2) is 4.98 Å².